The van der Waals surface area contributed by atoms with Gasteiger partial charge in [-0.25, -0.2) is 8.42 Å². The van der Waals surface area contributed by atoms with Gasteiger partial charge in [0.1, 0.15) is 7.05 Å². The van der Waals surface area contributed by atoms with E-state index in [0.29, 0.717) is 5.88 Å². The van der Waals surface area contributed by atoms with Crippen LogP contribution in [0.25, 0.3) is 23.1 Å². The van der Waals surface area contributed by atoms with E-state index in [2.05, 4.69) is 101 Å². The molecule has 6 nitrogen and oxygen atoms in total. The van der Waals surface area contributed by atoms with E-state index in [1.807, 2.05) is 0 Å². The van der Waals surface area contributed by atoms with E-state index < -0.39 is 10.4 Å². The topological polar surface area (TPSA) is 73.5 Å². The molecular weight excluding hydrogens is 424 g/mol. The van der Waals surface area contributed by atoms with Crippen LogP contribution in [-0.2, 0) is 21.6 Å². The van der Waals surface area contributed by atoms with Crippen LogP contribution in [0.3, 0.4) is 0 Å². The summed E-state index contributed by atoms with van der Waals surface area (Å²) in [6.45, 7) is 0.851. The Morgan fingerprint density at radius 1 is 1.07 bits per heavy atom. The summed E-state index contributed by atoms with van der Waals surface area (Å²) in [6.07, 6.45) is 4.30. The SMILES string of the molecule is CN(CCCl)c1ccc(/C=C/c2ccc3ccccc3[n+]2C)cc1.COS(=O)(=O)[O-]. The number of hydrogen-bond donors (Lipinski definition) is 0. The van der Waals surface area contributed by atoms with Gasteiger partial charge in [0.2, 0.25) is 21.6 Å². The summed E-state index contributed by atoms with van der Waals surface area (Å²) in [6, 6.07) is 21.3. The van der Waals surface area contributed by atoms with E-state index in [4.69, 9.17) is 11.6 Å². The van der Waals surface area contributed by atoms with Crippen LogP contribution in [0.2, 0.25) is 0 Å². The van der Waals surface area contributed by atoms with E-state index in [1.54, 1.807) is 0 Å². The Bertz CT molecular complexity index is 1100. The Balaban J connectivity index is 0.000000469. The molecule has 0 atom stereocenters. The summed E-state index contributed by atoms with van der Waals surface area (Å²) < 4.78 is 33.2. The molecule has 0 aliphatic rings. The molecule has 0 saturated carbocycles. The van der Waals surface area contributed by atoms with Crippen LogP contribution in [-0.4, -0.2) is 39.6 Å². The average Bonchev–Trinajstić information content (AvgIpc) is 2.74. The first-order chi connectivity index (χ1) is 14.2. The van der Waals surface area contributed by atoms with Gasteiger partial charge in [-0.3, -0.25) is 4.18 Å². The first-order valence-electron chi connectivity index (χ1n) is 9.19. The number of fused-ring (bicyclic) bond motifs is 1. The molecule has 0 fully saturated rings. The zero-order valence-electron chi connectivity index (χ0n) is 17.2. The van der Waals surface area contributed by atoms with Gasteiger partial charge in [0.25, 0.3) is 0 Å². The minimum atomic E-state index is -4.41. The molecule has 0 spiro atoms. The Morgan fingerprint density at radius 2 is 1.70 bits per heavy atom. The highest BCUT2D eigenvalue weighted by Crippen LogP contribution is 2.16. The normalized spacial score (nSPS) is 11.4. The zero-order valence-corrected chi connectivity index (χ0v) is 18.7. The second kappa shape index (κ2) is 11.1. The van der Waals surface area contributed by atoms with Crippen molar-refractivity contribution in [2.24, 2.45) is 7.05 Å². The number of aromatic nitrogens is 1. The monoisotopic (exact) mass is 448 g/mol. The summed E-state index contributed by atoms with van der Waals surface area (Å²) in [7, 11) is 0.557. The Labute approximate surface area is 182 Å². The quantitative estimate of drug-likeness (QED) is 0.249. The zero-order chi connectivity index (χ0) is 22.1. The molecule has 1 heterocycles. The number of rotatable bonds is 6. The van der Waals surface area contributed by atoms with Crippen LogP contribution in [0.1, 0.15) is 11.3 Å². The fourth-order valence-electron chi connectivity index (χ4n) is 2.80. The molecule has 0 N–H and O–H groups in total. The largest absolute Gasteiger partial charge is 0.726 e. The van der Waals surface area contributed by atoms with Crippen LogP contribution >= 0.6 is 11.6 Å². The van der Waals surface area contributed by atoms with Crippen LogP contribution in [0.4, 0.5) is 5.69 Å². The third-order valence-electron chi connectivity index (χ3n) is 4.52. The number of alkyl halides is 1. The molecule has 8 heteroatoms. The van der Waals surface area contributed by atoms with Gasteiger partial charge in [0, 0.05) is 48.8 Å². The lowest BCUT2D eigenvalue weighted by molar-refractivity contribution is -0.646. The molecule has 30 heavy (non-hydrogen) atoms. The van der Waals surface area contributed by atoms with Crippen LogP contribution in [0, 0.1) is 0 Å². The molecule has 3 aromatic rings. The van der Waals surface area contributed by atoms with Crippen LogP contribution < -0.4 is 9.47 Å². The van der Waals surface area contributed by atoms with Gasteiger partial charge < -0.3 is 9.45 Å². The smallest absolute Gasteiger partial charge is 0.217 e. The molecule has 0 aliphatic carbocycles. The fourth-order valence-corrected chi connectivity index (χ4v) is 3.06. The lowest BCUT2D eigenvalue weighted by Crippen LogP contribution is -2.32. The van der Waals surface area contributed by atoms with Gasteiger partial charge in [-0.2, -0.15) is 4.57 Å². The Hall–Kier alpha value is -2.45. The highest BCUT2D eigenvalue weighted by molar-refractivity contribution is 7.80. The predicted octanol–water partition coefficient (Wildman–Crippen LogP) is 3.60. The van der Waals surface area contributed by atoms with E-state index in [1.165, 1.54) is 27.8 Å². The molecule has 0 unspecified atom stereocenters. The minimum Gasteiger partial charge on any atom is -0.726 e. The van der Waals surface area contributed by atoms with Gasteiger partial charge in [-0.15, -0.1) is 11.6 Å². The van der Waals surface area contributed by atoms with Crippen molar-refractivity contribution in [3.63, 3.8) is 0 Å². The van der Waals surface area contributed by atoms with Crippen LogP contribution in [0.15, 0.2) is 60.7 Å². The molecule has 1 aromatic heterocycles. The van der Waals surface area contributed by atoms with E-state index in [0.717, 1.165) is 13.7 Å². The number of para-hydroxylation sites is 1. The second-order valence-corrected chi connectivity index (χ2v) is 8.01. The summed E-state index contributed by atoms with van der Waals surface area (Å²) in [4.78, 5) is 2.16. The molecular formula is C22H25ClN2O4S. The number of anilines is 1. The summed E-state index contributed by atoms with van der Waals surface area (Å²) >= 11 is 5.80. The molecule has 0 saturated heterocycles. The number of pyridine rings is 1. The molecule has 0 bridgehead atoms. The number of aryl methyl sites for hydroxylation is 1. The first kappa shape index (κ1) is 23.8. The number of halogens is 1. The molecule has 0 radical (unpaired) electrons. The van der Waals surface area contributed by atoms with Crippen LogP contribution in [0.5, 0.6) is 0 Å². The highest BCUT2D eigenvalue weighted by atomic mass is 35.5. The van der Waals surface area contributed by atoms with Crippen molar-refractivity contribution in [2.75, 3.05) is 31.5 Å². The van der Waals surface area contributed by atoms with E-state index >= 15 is 0 Å². The van der Waals surface area contributed by atoms with Gasteiger partial charge in [0.05, 0.1) is 7.11 Å². The molecule has 160 valence electrons. The summed E-state index contributed by atoms with van der Waals surface area (Å²) in [5.74, 6) is 0.636. The predicted molar refractivity (Wildman–Crippen MR) is 121 cm³/mol. The maximum atomic E-state index is 9.22. The first-order valence-corrected chi connectivity index (χ1v) is 11.1. The van der Waals surface area contributed by atoms with Crippen molar-refractivity contribution in [3.05, 3.63) is 71.9 Å². The Morgan fingerprint density at radius 3 is 2.30 bits per heavy atom. The lowest BCUT2D eigenvalue weighted by atomic mass is 10.1. The average molecular weight is 449 g/mol. The highest BCUT2D eigenvalue weighted by Gasteiger charge is 2.08. The van der Waals surface area contributed by atoms with Gasteiger partial charge >= 0.3 is 0 Å². The standard InChI is InChI=1S/C21H22ClN2.CH4O4S/c1-23(16-15-22)19-11-7-17(8-12-19)9-13-20-14-10-18-5-3-4-6-21(18)24(20)2;1-5-6(2,3)4/h3-14H,15-16H2,1-2H3;1H3,(H,2,3,4)/q+1;/p-1. The molecule has 0 amide bonds. The maximum Gasteiger partial charge on any atom is 0.217 e. The van der Waals surface area contributed by atoms with Crippen molar-refractivity contribution in [2.45, 2.75) is 0 Å². The maximum absolute atomic E-state index is 9.22. The van der Waals surface area contributed by atoms with E-state index in [9.17, 15) is 13.0 Å². The summed E-state index contributed by atoms with van der Waals surface area (Å²) in [5, 5.41) is 1.25. The van der Waals surface area contributed by atoms with Crippen molar-refractivity contribution in [3.8, 4) is 0 Å². The second-order valence-electron chi connectivity index (χ2n) is 6.49. The third-order valence-corrected chi connectivity index (χ3v) is 5.10. The number of benzene rings is 2. The Kier molecular flexibility index (Phi) is 8.80. The number of hydrogen-bond acceptors (Lipinski definition) is 5. The summed E-state index contributed by atoms with van der Waals surface area (Å²) in [5.41, 5.74) is 4.78. The lowest BCUT2D eigenvalue weighted by Gasteiger charge is -2.17. The van der Waals surface area contributed by atoms with Gasteiger partial charge in [0.15, 0.2) is 0 Å². The van der Waals surface area contributed by atoms with Crippen molar-refractivity contribution in [1.29, 1.82) is 0 Å². The molecule has 2 aromatic carbocycles. The van der Waals surface area contributed by atoms with Gasteiger partial charge in [-0.05, 0) is 35.9 Å². The number of nitrogens with zero attached hydrogens (tertiary/aromatic N) is 2. The van der Waals surface area contributed by atoms with Crippen molar-refractivity contribution >= 4 is 50.7 Å². The van der Waals surface area contributed by atoms with E-state index in [-0.39, 0.29) is 0 Å². The molecule has 3 rings (SSSR count). The minimum absolute atomic E-state index is 0.636. The van der Waals surface area contributed by atoms with Crippen molar-refractivity contribution in [1.82, 2.24) is 0 Å². The third kappa shape index (κ3) is 7.11. The fraction of sp³-hybridized carbons (Fsp3) is 0.227. The molecule has 0 aliphatic heterocycles. The van der Waals surface area contributed by atoms with Gasteiger partial charge in [-0.1, -0.05) is 24.3 Å². The van der Waals surface area contributed by atoms with Crippen molar-refractivity contribution < 1.29 is 21.7 Å².